The number of benzene rings is 7. The first-order valence-electron chi connectivity index (χ1n) is 19.7. The molecule has 0 unspecified atom stereocenters. The lowest BCUT2D eigenvalue weighted by Gasteiger charge is -2.61. The molecule has 0 atom stereocenters. The van der Waals surface area contributed by atoms with E-state index in [9.17, 15) is 0 Å². The summed E-state index contributed by atoms with van der Waals surface area (Å²) in [6.45, 7) is 0. The first-order valence-corrected chi connectivity index (χ1v) is 19.7. The summed E-state index contributed by atoms with van der Waals surface area (Å²) in [6.07, 6.45) is 7.16. The number of fused-ring (bicyclic) bond motifs is 3. The van der Waals surface area contributed by atoms with E-state index in [1.807, 2.05) is 0 Å². The SMILES string of the molecule is c1ccc(-c2ccc(N(c3ccccc3)c3ccc(-c4ccc(-c5cccc6c5-c5ccccc5C65C6CC7CC(C6)CC5C7)cc4)cc3)cc2)cc1. The van der Waals surface area contributed by atoms with Crippen molar-refractivity contribution in [3.05, 3.63) is 187 Å². The Bertz CT molecular complexity index is 2400. The predicted octanol–water partition coefficient (Wildman–Crippen LogP) is 13.9. The molecule has 4 fully saturated rings. The van der Waals surface area contributed by atoms with Crippen LogP contribution in [0.15, 0.2) is 176 Å². The van der Waals surface area contributed by atoms with Crippen LogP contribution in [0.25, 0.3) is 44.5 Å². The zero-order chi connectivity index (χ0) is 34.9. The summed E-state index contributed by atoms with van der Waals surface area (Å²) >= 11 is 0. The van der Waals surface area contributed by atoms with Crippen LogP contribution in [0.1, 0.15) is 43.2 Å². The van der Waals surface area contributed by atoms with Gasteiger partial charge < -0.3 is 4.90 Å². The van der Waals surface area contributed by atoms with Gasteiger partial charge in [0, 0.05) is 22.5 Å². The molecule has 5 aliphatic rings. The van der Waals surface area contributed by atoms with E-state index in [-0.39, 0.29) is 5.41 Å². The van der Waals surface area contributed by atoms with Crippen LogP contribution in [0.3, 0.4) is 0 Å². The van der Waals surface area contributed by atoms with Gasteiger partial charge in [-0.05, 0) is 148 Å². The Morgan fingerprint density at radius 2 is 0.774 bits per heavy atom. The average Bonchev–Trinajstić information content (AvgIpc) is 3.52. The molecule has 1 heteroatoms. The second-order valence-electron chi connectivity index (χ2n) is 16.2. The van der Waals surface area contributed by atoms with Crippen molar-refractivity contribution in [1.82, 2.24) is 0 Å². The molecule has 12 rings (SSSR count). The molecule has 1 nitrogen and oxygen atoms in total. The molecule has 0 aromatic heterocycles. The van der Waals surface area contributed by atoms with Crippen LogP contribution in [0.2, 0.25) is 0 Å². The zero-order valence-corrected chi connectivity index (χ0v) is 30.0. The van der Waals surface area contributed by atoms with Crippen LogP contribution in [0.4, 0.5) is 17.1 Å². The summed E-state index contributed by atoms with van der Waals surface area (Å²) in [7, 11) is 0. The van der Waals surface area contributed by atoms with E-state index in [0.29, 0.717) is 0 Å². The van der Waals surface area contributed by atoms with Crippen molar-refractivity contribution in [2.75, 3.05) is 4.90 Å². The minimum atomic E-state index is 0.203. The third-order valence-electron chi connectivity index (χ3n) is 13.5. The molecule has 5 aliphatic carbocycles. The fourth-order valence-corrected chi connectivity index (χ4v) is 11.5. The van der Waals surface area contributed by atoms with E-state index in [1.165, 1.54) is 76.6 Å². The van der Waals surface area contributed by atoms with Crippen LogP contribution in [-0.4, -0.2) is 0 Å². The lowest BCUT2D eigenvalue weighted by atomic mass is 9.43. The topological polar surface area (TPSA) is 3.24 Å². The molecular weight excluding hydrogens is 639 g/mol. The number of rotatable bonds is 6. The van der Waals surface area contributed by atoms with E-state index in [4.69, 9.17) is 0 Å². The molecule has 0 amide bonds. The number of hydrogen-bond acceptors (Lipinski definition) is 1. The minimum absolute atomic E-state index is 0.203. The molecule has 0 radical (unpaired) electrons. The Hall–Kier alpha value is -5.66. The molecule has 0 N–H and O–H groups in total. The van der Waals surface area contributed by atoms with Crippen molar-refractivity contribution < 1.29 is 0 Å². The lowest BCUT2D eigenvalue weighted by Crippen LogP contribution is -2.55. The highest BCUT2D eigenvalue weighted by Gasteiger charge is 2.61. The van der Waals surface area contributed by atoms with Crippen molar-refractivity contribution in [2.24, 2.45) is 23.7 Å². The summed E-state index contributed by atoms with van der Waals surface area (Å²) in [5.74, 6) is 3.48. The number of para-hydroxylation sites is 1. The van der Waals surface area contributed by atoms with E-state index in [0.717, 1.165) is 40.7 Å². The Labute approximate surface area is 313 Å². The van der Waals surface area contributed by atoms with E-state index >= 15 is 0 Å². The lowest BCUT2D eigenvalue weighted by molar-refractivity contribution is -0.0399. The van der Waals surface area contributed by atoms with Crippen molar-refractivity contribution >= 4 is 17.1 Å². The Kier molecular flexibility index (Phi) is 7.12. The minimum Gasteiger partial charge on any atom is -0.311 e. The molecular formula is C52H43N. The standard InChI is InChI=1S/C52H43N/c1-3-10-37(11-4-1)39-22-26-45(27-23-39)53(44-12-5-2-6-13-44)46-28-24-40(25-29-46)38-18-20-41(21-19-38)47-15-9-17-50-51(47)48-14-7-8-16-49(48)52(50)42-31-35-30-36(33-42)34-43(52)32-35/h1-29,35-36,42-43H,30-34H2. The molecule has 0 heterocycles. The van der Waals surface area contributed by atoms with Gasteiger partial charge in [0.2, 0.25) is 0 Å². The maximum absolute atomic E-state index is 2.51. The number of nitrogens with zero attached hydrogens (tertiary/aromatic N) is 1. The largest absolute Gasteiger partial charge is 0.311 e. The van der Waals surface area contributed by atoms with Gasteiger partial charge in [0.1, 0.15) is 0 Å². The van der Waals surface area contributed by atoms with E-state index in [2.05, 4.69) is 181 Å². The van der Waals surface area contributed by atoms with Gasteiger partial charge >= 0.3 is 0 Å². The van der Waals surface area contributed by atoms with Gasteiger partial charge in [0.15, 0.2) is 0 Å². The third kappa shape index (κ3) is 4.83. The highest BCUT2D eigenvalue weighted by atomic mass is 15.1. The predicted molar refractivity (Wildman–Crippen MR) is 221 cm³/mol. The Morgan fingerprint density at radius 3 is 1.38 bits per heavy atom. The van der Waals surface area contributed by atoms with Gasteiger partial charge in [0.05, 0.1) is 0 Å². The molecule has 1 spiro atoms. The van der Waals surface area contributed by atoms with Crippen LogP contribution < -0.4 is 4.90 Å². The number of hydrogen-bond donors (Lipinski definition) is 0. The third-order valence-corrected chi connectivity index (χ3v) is 13.5. The first-order chi connectivity index (χ1) is 26.2. The second-order valence-corrected chi connectivity index (χ2v) is 16.2. The fraction of sp³-hybridized carbons (Fsp3) is 0.192. The maximum atomic E-state index is 2.51. The summed E-state index contributed by atoms with van der Waals surface area (Å²) in [6, 6.07) is 65.3. The van der Waals surface area contributed by atoms with Crippen LogP contribution in [0, 0.1) is 23.7 Å². The molecule has 7 aromatic carbocycles. The van der Waals surface area contributed by atoms with Gasteiger partial charge in [-0.2, -0.15) is 0 Å². The molecule has 0 saturated heterocycles. The molecule has 4 saturated carbocycles. The highest BCUT2D eigenvalue weighted by molar-refractivity contribution is 5.93. The normalized spacial score (nSPS) is 23.2. The molecule has 0 aliphatic heterocycles. The monoisotopic (exact) mass is 681 g/mol. The van der Waals surface area contributed by atoms with Crippen molar-refractivity contribution in [3.8, 4) is 44.5 Å². The summed E-state index contributed by atoms with van der Waals surface area (Å²) in [5, 5.41) is 0. The molecule has 256 valence electrons. The van der Waals surface area contributed by atoms with Gasteiger partial charge in [0.25, 0.3) is 0 Å². The van der Waals surface area contributed by atoms with Gasteiger partial charge in [-0.3, -0.25) is 0 Å². The summed E-state index contributed by atoms with van der Waals surface area (Å²) in [4.78, 5) is 2.34. The van der Waals surface area contributed by atoms with E-state index < -0.39 is 0 Å². The van der Waals surface area contributed by atoms with Gasteiger partial charge in [-0.1, -0.05) is 140 Å². The Balaban J connectivity index is 0.919. The van der Waals surface area contributed by atoms with Crippen LogP contribution in [-0.2, 0) is 5.41 Å². The van der Waals surface area contributed by atoms with Gasteiger partial charge in [-0.15, -0.1) is 0 Å². The van der Waals surface area contributed by atoms with Crippen LogP contribution >= 0.6 is 0 Å². The quantitative estimate of drug-likeness (QED) is 0.169. The van der Waals surface area contributed by atoms with Crippen molar-refractivity contribution in [2.45, 2.75) is 37.5 Å². The fourth-order valence-electron chi connectivity index (χ4n) is 11.5. The van der Waals surface area contributed by atoms with E-state index in [1.54, 1.807) is 11.1 Å². The van der Waals surface area contributed by atoms with Gasteiger partial charge in [-0.25, -0.2) is 0 Å². The first kappa shape index (κ1) is 30.9. The Morgan fingerprint density at radius 1 is 0.340 bits per heavy atom. The smallest absolute Gasteiger partial charge is 0.0462 e. The highest BCUT2D eigenvalue weighted by Crippen LogP contribution is 2.70. The summed E-state index contributed by atoms with van der Waals surface area (Å²) in [5.41, 5.74) is 17.5. The van der Waals surface area contributed by atoms with Crippen molar-refractivity contribution in [3.63, 3.8) is 0 Å². The molecule has 4 bridgehead atoms. The number of anilines is 3. The summed E-state index contributed by atoms with van der Waals surface area (Å²) < 4.78 is 0. The maximum Gasteiger partial charge on any atom is 0.0462 e. The molecule has 7 aromatic rings. The van der Waals surface area contributed by atoms with Crippen molar-refractivity contribution in [1.29, 1.82) is 0 Å². The zero-order valence-electron chi connectivity index (χ0n) is 30.0. The molecule has 53 heavy (non-hydrogen) atoms. The van der Waals surface area contributed by atoms with Crippen LogP contribution in [0.5, 0.6) is 0 Å². The average molecular weight is 682 g/mol. The second kappa shape index (κ2) is 12.2.